The molecule has 0 aromatic heterocycles. The number of carbonyl (C=O) groups excluding carboxylic acids is 1. The predicted molar refractivity (Wildman–Crippen MR) is 45.0 cm³/mol. The molecule has 1 rings (SSSR count). The van der Waals surface area contributed by atoms with Gasteiger partial charge in [-0.3, -0.25) is 0 Å². The summed E-state index contributed by atoms with van der Waals surface area (Å²) in [5, 5.41) is 0. The van der Waals surface area contributed by atoms with Gasteiger partial charge in [0, 0.05) is 26.1 Å². The van der Waals surface area contributed by atoms with Crippen LogP contribution in [0.5, 0.6) is 0 Å². The maximum atomic E-state index is 10.3. The molecule has 3 heteroatoms. The average molecular weight is 172 g/mol. The monoisotopic (exact) mass is 172 g/mol. The third-order valence-corrected chi connectivity index (χ3v) is 2.35. The zero-order valence-electron chi connectivity index (χ0n) is 7.49. The summed E-state index contributed by atoms with van der Waals surface area (Å²) in [5.74, 6) is 0.411. The van der Waals surface area contributed by atoms with E-state index in [-0.39, 0.29) is 6.10 Å². The van der Waals surface area contributed by atoms with E-state index in [1.807, 2.05) is 0 Å². The molecule has 1 aliphatic heterocycles. The van der Waals surface area contributed by atoms with Crippen LogP contribution in [-0.4, -0.2) is 32.7 Å². The molecule has 2 unspecified atom stereocenters. The Morgan fingerprint density at radius 2 is 2.58 bits per heavy atom. The second kappa shape index (κ2) is 5.27. The summed E-state index contributed by atoms with van der Waals surface area (Å²) in [4.78, 5) is 10.3. The van der Waals surface area contributed by atoms with Gasteiger partial charge in [0.1, 0.15) is 6.29 Å². The summed E-state index contributed by atoms with van der Waals surface area (Å²) in [7, 11) is 1.66. The van der Waals surface area contributed by atoms with Crippen molar-refractivity contribution in [3.05, 3.63) is 0 Å². The van der Waals surface area contributed by atoms with Gasteiger partial charge in [0.05, 0.1) is 12.7 Å². The third-order valence-electron chi connectivity index (χ3n) is 2.35. The van der Waals surface area contributed by atoms with E-state index < -0.39 is 0 Å². The minimum Gasteiger partial charge on any atom is -0.381 e. The fourth-order valence-corrected chi connectivity index (χ4v) is 1.63. The van der Waals surface area contributed by atoms with E-state index in [2.05, 4.69) is 0 Å². The van der Waals surface area contributed by atoms with Crippen LogP contribution in [0.4, 0.5) is 0 Å². The van der Waals surface area contributed by atoms with Crippen LogP contribution in [0.25, 0.3) is 0 Å². The molecule has 1 fully saturated rings. The lowest BCUT2D eigenvalue weighted by molar-refractivity contribution is -0.112. The van der Waals surface area contributed by atoms with Crippen molar-refractivity contribution in [1.82, 2.24) is 0 Å². The van der Waals surface area contributed by atoms with Gasteiger partial charge in [-0.2, -0.15) is 0 Å². The Morgan fingerprint density at radius 1 is 1.75 bits per heavy atom. The van der Waals surface area contributed by atoms with E-state index in [4.69, 9.17) is 9.47 Å². The van der Waals surface area contributed by atoms with Crippen LogP contribution in [0, 0.1) is 5.92 Å². The van der Waals surface area contributed by atoms with E-state index in [1.54, 1.807) is 7.11 Å². The van der Waals surface area contributed by atoms with Gasteiger partial charge in [-0.15, -0.1) is 0 Å². The van der Waals surface area contributed by atoms with E-state index in [9.17, 15) is 4.79 Å². The fourth-order valence-electron chi connectivity index (χ4n) is 1.63. The van der Waals surface area contributed by atoms with Crippen molar-refractivity contribution in [2.24, 2.45) is 5.92 Å². The Kier molecular flexibility index (Phi) is 4.25. The Hall–Kier alpha value is -0.410. The highest BCUT2D eigenvalue weighted by Crippen LogP contribution is 2.20. The first-order valence-corrected chi connectivity index (χ1v) is 4.42. The van der Waals surface area contributed by atoms with Gasteiger partial charge in [-0.25, -0.2) is 0 Å². The highest BCUT2D eigenvalue weighted by molar-refractivity contribution is 5.50. The quantitative estimate of drug-likeness (QED) is 0.594. The molecule has 3 nitrogen and oxygen atoms in total. The maximum Gasteiger partial charge on any atom is 0.122 e. The zero-order valence-corrected chi connectivity index (χ0v) is 7.49. The largest absolute Gasteiger partial charge is 0.381 e. The molecular weight excluding hydrogens is 156 g/mol. The molecule has 12 heavy (non-hydrogen) atoms. The topological polar surface area (TPSA) is 35.5 Å². The lowest BCUT2D eigenvalue weighted by Crippen LogP contribution is -2.30. The third kappa shape index (κ3) is 2.57. The summed E-state index contributed by atoms with van der Waals surface area (Å²) in [5.41, 5.74) is 0. The van der Waals surface area contributed by atoms with Crippen molar-refractivity contribution in [3.8, 4) is 0 Å². The molecule has 0 amide bonds. The van der Waals surface area contributed by atoms with Crippen molar-refractivity contribution in [1.29, 1.82) is 0 Å². The smallest absolute Gasteiger partial charge is 0.122 e. The minimum absolute atomic E-state index is 0.0581. The lowest BCUT2D eigenvalue weighted by Gasteiger charge is -2.27. The highest BCUT2D eigenvalue weighted by Gasteiger charge is 2.23. The Balaban J connectivity index is 2.34. The van der Waals surface area contributed by atoms with Crippen LogP contribution in [0.1, 0.15) is 19.3 Å². The highest BCUT2D eigenvalue weighted by atomic mass is 16.5. The summed E-state index contributed by atoms with van der Waals surface area (Å²) in [6.07, 6.45) is 3.67. The van der Waals surface area contributed by atoms with E-state index in [1.165, 1.54) is 0 Å². The Labute approximate surface area is 73.0 Å². The van der Waals surface area contributed by atoms with Gasteiger partial charge < -0.3 is 14.3 Å². The molecule has 0 N–H and O–H groups in total. The fraction of sp³-hybridized carbons (Fsp3) is 0.889. The first-order chi connectivity index (χ1) is 5.88. The molecule has 0 bridgehead atoms. The first kappa shape index (κ1) is 9.68. The van der Waals surface area contributed by atoms with Crippen LogP contribution >= 0.6 is 0 Å². The standard InChI is InChI=1S/C9H16O3/c1-11-9(4-5-10)8-3-2-6-12-7-8/h5,8-9H,2-4,6-7H2,1H3. The van der Waals surface area contributed by atoms with Gasteiger partial charge >= 0.3 is 0 Å². The molecule has 0 saturated carbocycles. The van der Waals surface area contributed by atoms with Crippen LogP contribution in [0.15, 0.2) is 0 Å². The second-order valence-corrected chi connectivity index (χ2v) is 3.15. The van der Waals surface area contributed by atoms with Crippen molar-refractivity contribution in [2.45, 2.75) is 25.4 Å². The van der Waals surface area contributed by atoms with Crippen molar-refractivity contribution >= 4 is 6.29 Å². The normalized spacial score (nSPS) is 26.6. The number of rotatable bonds is 4. The Morgan fingerprint density at radius 3 is 3.08 bits per heavy atom. The van der Waals surface area contributed by atoms with Crippen LogP contribution in [0.2, 0.25) is 0 Å². The predicted octanol–water partition coefficient (Wildman–Crippen LogP) is 1.02. The molecule has 0 spiro atoms. The summed E-state index contributed by atoms with van der Waals surface area (Å²) >= 11 is 0. The summed E-state index contributed by atoms with van der Waals surface area (Å²) < 4.78 is 10.5. The van der Waals surface area contributed by atoms with Crippen molar-refractivity contribution < 1.29 is 14.3 Å². The van der Waals surface area contributed by atoms with Crippen LogP contribution in [0.3, 0.4) is 0 Å². The summed E-state index contributed by atoms with van der Waals surface area (Å²) in [6, 6.07) is 0. The second-order valence-electron chi connectivity index (χ2n) is 3.15. The van der Waals surface area contributed by atoms with Gasteiger partial charge in [-0.1, -0.05) is 0 Å². The first-order valence-electron chi connectivity index (χ1n) is 4.42. The SMILES string of the molecule is COC(CC=O)C1CCCOC1. The molecule has 2 atom stereocenters. The molecular formula is C9H16O3. The number of methoxy groups -OCH3 is 1. The van der Waals surface area contributed by atoms with Gasteiger partial charge in [0.2, 0.25) is 0 Å². The number of carbonyl (C=O) groups is 1. The van der Waals surface area contributed by atoms with Crippen LogP contribution in [-0.2, 0) is 14.3 Å². The van der Waals surface area contributed by atoms with E-state index >= 15 is 0 Å². The van der Waals surface area contributed by atoms with Crippen LogP contribution < -0.4 is 0 Å². The maximum absolute atomic E-state index is 10.3. The molecule has 70 valence electrons. The van der Waals surface area contributed by atoms with Crippen molar-refractivity contribution in [2.75, 3.05) is 20.3 Å². The molecule has 0 aromatic rings. The number of hydrogen-bond donors (Lipinski definition) is 0. The van der Waals surface area contributed by atoms with Crippen molar-refractivity contribution in [3.63, 3.8) is 0 Å². The molecule has 0 radical (unpaired) electrons. The van der Waals surface area contributed by atoms with Gasteiger partial charge in [-0.05, 0) is 12.8 Å². The van der Waals surface area contributed by atoms with E-state index in [0.29, 0.717) is 12.3 Å². The average Bonchev–Trinajstić information content (AvgIpc) is 2.15. The van der Waals surface area contributed by atoms with Gasteiger partial charge in [0.25, 0.3) is 0 Å². The molecule has 1 heterocycles. The summed E-state index contributed by atoms with van der Waals surface area (Å²) in [6.45, 7) is 1.60. The molecule has 1 saturated heterocycles. The molecule has 0 aromatic carbocycles. The zero-order chi connectivity index (χ0) is 8.81. The number of aldehydes is 1. The van der Waals surface area contributed by atoms with E-state index in [0.717, 1.165) is 32.3 Å². The minimum atomic E-state index is 0.0581. The number of ether oxygens (including phenoxy) is 2. The molecule has 0 aliphatic carbocycles. The molecule has 1 aliphatic rings. The Bertz CT molecular complexity index is 130. The lowest BCUT2D eigenvalue weighted by atomic mass is 9.94. The van der Waals surface area contributed by atoms with Gasteiger partial charge in [0.15, 0.2) is 0 Å². The number of hydrogen-bond acceptors (Lipinski definition) is 3.